The fourth-order valence-electron chi connectivity index (χ4n) is 3.56. The molecule has 0 radical (unpaired) electrons. The molecule has 1 saturated heterocycles. The Kier molecular flexibility index (Phi) is 5.52. The minimum atomic E-state index is -0.346. The van der Waals surface area contributed by atoms with Crippen LogP contribution in [0.4, 0.5) is 5.69 Å². The quantitative estimate of drug-likeness (QED) is 0.659. The molecule has 2 N–H and O–H groups in total. The lowest BCUT2D eigenvalue weighted by molar-refractivity contribution is -0.121. The van der Waals surface area contributed by atoms with Crippen LogP contribution in [0.3, 0.4) is 0 Å². The van der Waals surface area contributed by atoms with Gasteiger partial charge >= 0.3 is 0 Å². The zero-order valence-corrected chi connectivity index (χ0v) is 16.7. The first-order valence-electron chi connectivity index (χ1n) is 9.98. The number of carbonyl (C=O) groups excluding carboxylic acids is 3. The lowest BCUT2D eigenvalue weighted by Gasteiger charge is -2.16. The number of fused-ring (bicyclic) bond motifs is 1. The highest BCUT2D eigenvalue weighted by molar-refractivity contribution is 5.98. The normalized spacial score (nSPS) is 14.7. The zero-order valence-electron chi connectivity index (χ0n) is 16.7. The third kappa shape index (κ3) is 4.20. The number of nitrogens with one attached hydrogen (secondary N) is 2. The van der Waals surface area contributed by atoms with Crippen LogP contribution in [0.5, 0.6) is 0 Å². The van der Waals surface area contributed by atoms with Gasteiger partial charge in [-0.25, -0.2) is 0 Å². The monoisotopic (exact) mass is 405 g/mol. The Morgan fingerprint density at radius 3 is 2.60 bits per heavy atom. The number of carbonyl (C=O) groups is 3. The van der Waals surface area contributed by atoms with E-state index in [-0.39, 0.29) is 30.3 Å². The van der Waals surface area contributed by atoms with E-state index < -0.39 is 0 Å². The zero-order chi connectivity index (χ0) is 21.1. The average Bonchev–Trinajstić information content (AvgIpc) is 3.38. The van der Waals surface area contributed by atoms with Crippen LogP contribution in [0.25, 0.3) is 11.0 Å². The predicted molar refractivity (Wildman–Crippen MR) is 113 cm³/mol. The maximum Gasteiger partial charge on any atom is 0.251 e. The van der Waals surface area contributed by atoms with Gasteiger partial charge in [0.05, 0.1) is 12.6 Å². The average molecular weight is 405 g/mol. The summed E-state index contributed by atoms with van der Waals surface area (Å²) >= 11 is 0. The molecule has 1 aliphatic heterocycles. The fourth-order valence-corrected chi connectivity index (χ4v) is 3.56. The van der Waals surface area contributed by atoms with Gasteiger partial charge in [-0.3, -0.25) is 14.4 Å². The number of para-hydroxylation sites is 1. The molecule has 30 heavy (non-hydrogen) atoms. The first-order valence-corrected chi connectivity index (χ1v) is 9.98. The molecule has 7 nitrogen and oxygen atoms in total. The number of benzene rings is 2. The summed E-state index contributed by atoms with van der Waals surface area (Å²) in [5.41, 5.74) is 1.98. The van der Waals surface area contributed by atoms with Gasteiger partial charge in [-0.1, -0.05) is 18.2 Å². The number of hydrogen-bond acceptors (Lipinski definition) is 4. The summed E-state index contributed by atoms with van der Waals surface area (Å²) in [7, 11) is 0. The van der Waals surface area contributed by atoms with Gasteiger partial charge in [-0.15, -0.1) is 0 Å². The minimum absolute atomic E-state index is 0.0995. The van der Waals surface area contributed by atoms with Gasteiger partial charge in [0.15, 0.2) is 0 Å². The second-order valence-electron chi connectivity index (χ2n) is 7.35. The van der Waals surface area contributed by atoms with Crippen LogP contribution in [0.2, 0.25) is 0 Å². The van der Waals surface area contributed by atoms with Crippen LogP contribution >= 0.6 is 0 Å². The number of nitrogens with zero attached hydrogens (tertiary/aromatic N) is 1. The third-order valence-electron chi connectivity index (χ3n) is 5.17. The van der Waals surface area contributed by atoms with Gasteiger partial charge in [0.25, 0.3) is 5.91 Å². The summed E-state index contributed by atoms with van der Waals surface area (Å²) in [6.07, 6.45) is 1.41. The molecule has 0 aliphatic carbocycles. The largest absolute Gasteiger partial charge is 0.459 e. The van der Waals surface area contributed by atoms with E-state index in [1.807, 2.05) is 37.3 Å². The molecule has 0 bridgehead atoms. The predicted octanol–water partition coefficient (Wildman–Crippen LogP) is 3.17. The summed E-state index contributed by atoms with van der Waals surface area (Å²) in [6.45, 7) is 2.39. The summed E-state index contributed by atoms with van der Waals surface area (Å²) in [6, 6.07) is 16.0. The highest BCUT2D eigenvalue weighted by Crippen LogP contribution is 2.23. The SMILES string of the molecule is CC(NC(=O)CNC(=O)c1ccc(N2CCCC2=O)cc1)c1cc2ccccc2o1. The van der Waals surface area contributed by atoms with E-state index in [9.17, 15) is 14.4 Å². The molecular formula is C23H23N3O4. The van der Waals surface area contributed by atoms with Crippen molar-refractivity contribution in [3.05, 3.63) is 65.9 Å². The lowest BCUT2D eigenvalue weighted by atomic mass is 10.2. The molecule has 1 aliphatic rings. The highest BCUT2D eigenvalue weighted by atomic mass is 16.3. The number of hydrogen-bond donors (Lipinski definition) is 2. The van der Waals surface area contributed by atoms with Gasteiger partial charge in [-0.2, -0.15) is 0 Å². The van der Waals surface area contributed by atoms with E-state index in [0.29, 0.717) is 24.3 Å². The van der Waals surface area contributed by atoms with Gasteiger partial charge in [-0.05, 0) is 49.7 Å². The van der Waals surface area contributed by atoms with Crippen molar-refractivity contribution in [3.63, 3.8) is 0 Å². The number of amides is 3. The molecule has 7 heteroatoms. The van der Waals surface area contributed by atoms with Crippen molar-refractivity contribution >= 4 is 34.4 Å². The summed E-state index contributed by atoms with van der Waals surface area (Å²) in [5, 5.41) is 6.41. The van der Waals surface area contributed by atoms with E-state index in [1.165, 1.54) is 0 Å². The highest BCUT2D eigenvalue weighted by Gasteiger charge is 2.22. The van der Waals surface area contributed by atoms with Crippen molar-refractivity contribution in [2.75, 3.05) is 18.0 Å². The van der Waals surface area contributed by atoms with Crippen molar-refractivity contribution in [1.82, 2.24) is 10.6 Å². The van der Waals surface area contributed by atoms with Crippen molar-refractivity contribution in [2.45, 2.75) is 25.8 Å². The Balaban J connectivity index is 1.29. The molecule has 3 amide bonds. The molecule has 1 unspecified atom stereocenters. The second kappa shape index (κ2) is 8.41. The van der Waals surface area contributed by atoms with Crippen molar-refractivity contribution in [3.8, 4) is 0 Å². The molecule has 1 atom stereocenters. The summed E-state index contributed by atoms with van der Waals surface area (Å²) < 4.78 is 5.76. The second-order valence-corrected chi connectivity index (χ2v) is 7.35. The Morgan fingerprint density at radius 1 is 1.13 bits per heavy atom. The molecule has 1 aromatic heterocycles. The van der Waals surface area contributed by atoms with E-state index in [2.05, 4.69) is 10.6 Å². The van der Waals surface area contributed by atoms with Gasteiger partial charge in [0.2, 0.25) is 11.8 Å². The van der Waals surface area contributed by atoms with E-state index in [0.717, 1.165) is 23.1 Å². The molecular weight excluding hydrogens is 382 g/mol. The van der Waals surface area contributed by atoms with Crippen molar-refractivity contribution in [1.29, 1.82) is 0 Å². The van der Waals surface area contributed by atoms with Gasteiger partial charge in [0, 0.05) is 29.6 Å². The molecule has 2 heterocycles. The number of rotatable bonds is 6. The Labute approximate surface area is 174 Å². The molecule has 3 aromatic rings. The molecule has 2 aromatic carbocycles. The Bertz CT molecular complexity index is 1050. The molecule has 0 saturated carbocycles. The van der Waals surface area contributed by atoms with Crippen LogP contribution < -0.4 is 15.5 Å². The van der Waals surface area contributed by atoms with Crippen LogP contribution in [0.1, 0.15) is 41.9 Å². The standard InChI is InChI=1S/C23H23N3O4/c1-15(20-13-17-5-2-3-6-19(17)30-20)25-21(27)14-24-23(29)16-8-10-18(11-9-16)26-12-4-7-22(26)28/h2-3,5-6,8-11,13,15H,4,7,12,14H2,1H3,(H,24,29)(H,25,27). The van der Waals surface area contributed by atoms with E-state index >= 15 is 0 Å². The van der Waals surface area contributed by atoms with E-state index in [1.54, 1.807) is 29.2 Å². The molecule has 1 fully saturated rings. The molecule has 154 valence electrons. The Morgan fingerprint density at radius 2 is 1.90 bits per heavy atom. The third-order valence-corrected chi connectivity index (χ3v) is 5.17. The van der Waals surface area contributed by atoms with Crippen LogP contribution in [0.15, 0.2) is 59.0 Å². The smallest absolute Gasteiger partial charge is 0.251 e. The summed E-state index contributed by atoms with van der Waals surface area (Å²) in [4.78, 5) is 38.1. The van der Waals surface area contributed by atoms with Crippen molar-refractivity contribution in [2.24, 2.45) is 0 Å². The maximum absolute atomic E-state index is 12.3. The topological polar surface area (TPSA) is 91.7 Å². The first kappa shape index (κ1) is 19.7. The van der Waals surface area contributed by atoms with Crippen molar-refractivity contribution < 1.29 is 18.8 Å². The van der Waals surface area contributed by atoms with Crippen LogP contribution in [-0.2, 0) is 9.59 Å². The maximum atomic E-state index is 12.3. The van der Waals surface area contributed by atoms with Crippen LogP contribution in [0, 0.1) is 0 Å². The summed E-state index contributed by atoms with van der Waals surface area (Å²) in [5.74, 6) is 0.0989. The lowest BCUT2D eigenvalue weighted by Crippen LogP contribution is -2.38. The fraction of sp³-hybridized carbons (Fsp3) is 0.261. The minimum Gasteiger partial charge on any atom is -0.459 e. The molecule has 4 rings (SSSR count). The number of furan rings is 1. The number of anilines is 1. The Hall–Kier alpha value is -3.61. The molecule has 0 spiro atoms. The first-order chi connectivity index (χ1) is 14.5. The van der Waals surface area contributed by atoms with Gasteiger partial charge in [0.1, 0.15) is 11.3 Å². The van der Waals surface area contributed by atoms with Crippen LogP contribution in [-0.4, -0.2) is 30.8 Å². The van der Waals surface area contributed by atoms with Gasteiger partial charge < -0.3 is 20.0 Å². The van der Waals surface area contributed by atoms with E-state index in [4.69, 9.17) is 4.42 Å².